The van der Waals surface area contributed by atoms with Gasteiger partial charge in [0.05, 0.1) is 17.0 Å². The van der Waals surface area contributed by atoms with Crippen LogP contribution in [-0.2, 0) is 15.9 Å². The second kappa shape index (κ2) is 14.0. The molecule has 0 aliphatic heterocycles. The average molecular weight is 552 g/mol. The maximum atomic E-state index is 12.5. The van der Waals surface area contributed by atoms with Crippen LogP contribution in [-0.4, -0.2) is 48.6 Å². The first kappa shape index (κ1) is 31.0. The summed E-state index contributed by atoms with van der Waals surface area (Å²) < 4.78 is 16.1. The van der Waals surface area contributed by atoms with Gasteiger partial charge < -0.3 is 24.6 Å². The number of amides is 1. The van der Waals surface area contributed by atoms with Crippen molar-refractivity contribution in [2.75, 3.05) is 20.5 Å². The average Bonchev–Trinajstić information content (AvgIpc) is 2.81. The van der Waals surface area contributed by atoms with E-state index in [2.05, 4.69) is 5.32 Å². The Morgan fingerprint density at radius 2 is 1.84 bits per heavy atom. The van der Waals surface area contributed by atoms with Gasteiger partial charge in [-0.1, -0.05) is 42.8 Å². The fourth-order valence-corrected chi connectivity index (χ4v) is 5.11. The Kier molecular flexibility index (Phi) is 11.8. The summed E-state index contributed by atoms with van der Waals surface area (Å²) in [5.74, 6) is 0.575. The maximum Gasteiger partial charge on any atom is 0.408 e. The van der Waals surface area contributed by atoms with Crippen molar-refractivity contribution in [3.8, 4) is 5.75 Å². The molecule has 0 fully saturated rings. The molecule has 0 heterocycles. The smallest absolute Gasteiger partial charge is 0.408 e. The van der Waals surface area contributed by atoms with E-state index in [-0.39, 0.29) is 19.2 Å². The molecule has 0 aromatic heterocycles. The second-order valence-electron chi connectivity index (χ2n) is 9.94. The van der Waals surface area contributed by atoms with Crippen LogP contribution in [0.15, 0.2) is 46.2 Å². The molecule has 1 atom stereocenters. The third-order valence-electron chi connectivity index (χ3n) is 5.61. The van der Waals surface area contributed by atoms with E-state index in [0.717, 1.165) is 21.8 Å². The van der Waals surface area contributed by atoms with E-state index in [1.54, 1.807) is 46.1 Å². The molecule has 0 aliphatic carbocycles. The number of hydrogen-bond acceptors (Lipinski definition) is 7. The number of Topliss-reactive ketones (excluding diaryl/α,β-unsaturated/α-hetero) is 1. The SMILES string of the molecule is CCC[C@@](CO)(CCc1ccc(Sc2cc(C(C)=O)ccc2OCOC)cc1Cl)NC(=O)OC(C)(C)C. The van der Waals surface area contributed by atoms with Crippen LogP contribution in [0.1, 0.15) is 69.8 Å². The molecular formula is C28H38ClNO6S. The van der Waals surface area contributed by atoms with Crippen molar-refractivity contribution in [2.45, 2.75) is 81.2 Å². The molecule has 0 bridgehead atoms. The Morgan fingerprint density at radius 3 is 2.41 bits per heavy atom. The van der Waals surface area contributed by atoms with E-state index in [0.29, 0.717) is 35.6 Å². The number of benzene rings is 2. The molecule has 2 aromatic carbocycles. The van der Waals surface area contributed by atoms with Gasteiger partial charge in [-0.3, -0.25) is 4.79 Å². The van der Waals surface area contributed by atoms with Gasteiger partial charge in [-0.15, -0.1) is 0 Å². The molecule has 0 saturated carbocycles. The van der Waals surface area contributed by atoms with Crippen molar-refractivity contribution in [3.63, 3.8) is 0 Å². The number of alkyl carbamates (subject to hydrolysis) is 1. The number of carbonyl (C=O) groups excluding carboxylic acids is 2. The van der Waals surface area contributed by atoms with Crippen LogP contribution in [0.5, 0.6) is 5.75 Å². The van der Waals surface area contributed by atoms with E-state index in [1.807, 2.05) is 25.1 Å². The zero-order valence-electron chi connectivity index (χ0n) is 22.5. The molecule has 2 aromatic rings. The summed E-state index contributed by atoms with van der Waals surface area (Å²) in [6, 6.07) is 11.0. The third-order valence-corrected chi connectivity index (χ3v) is 6.99. The normalized spacial score (nSPS) is 13.1. The number of halogens is 1. The summed E-state index contributed by atoms with van der Waals surface area (Å²) in [5.41, 5.74) is 0.0457. The predicted octanol–water partition coefficient (Wildman–Crippen LogP) is 6.67. The van der Waals surface area contributed by atoms with Crippen LogP contribution in [0.4, 0.5) is 4.79 Å². The molecule has 0 radical (unpaired) electrons. The van der Waals surface area contributed by atoms with Gasteiger partial charge in [0, 0.05) is 22.6 Å². The number of methoxy groups -OCH3 is 1. The van der Waals surface area contributed by atoms with Crippen LogP contribution >= 0.6 is 23.4 Å². The summed E-state index contributed by atoms with van der Waals surface area (Å²) >= 11 is 8.09. The highest BCUT2D eigenvalue weighted by atomic mass is 35.5. The first-order valence-electron chi connectivity index (χ1n) is 12.3. The number of hydrogen-bond donors (Lipinski definition) is 2. The Labute approximate surface area is 229 Å². The topological polar surface area (TPSA) is 94.1 Å². The highest BCUT2D eigenvalue weighted by Crippen LogP contribution is 2.38. The first-order valence-corrected chi connectivity index (χ1v) is 13.5. The lowest BCUT2D eigenvalue weighted by Gasteiger charge is -2.34. The van der Waals surface area contributed by atoms with Gasteiger partial charge in [-0.2, -0.15) is 0 Å². The van der Waals surface area contributed by atoms with Crippen LogP contribution in [0.25, 0.3) is 0 Å². The van der Waals surface area contributed by atoms with Gasteiger partial charge in [0.15, 0.2) is 12.6 Å². The molecule has 0 unspecified atom stereocenters. The van der Waals surface area contributed by atoms with Crippen LogP contribution in [0.3, 0.4) is 0 Å². The summed E-state index contributed by atoms with van der Waals surface area (Å²) in [4.78, 5) is 26.0. The summed E-state index contributed by atoms with van der Waals surface area (Å²) in [5, 5.41) is 13.7. The van der Waals surface area contributed by atoms with Crippen LogP contribution in [0.2, 0.25) is 5.02 Å². The van der Waals surface area contributed by atoms with Crippen molar-refractivity contribution in [1.82, 2.24) is 5.32 Å². The number of aryl methyl sites for hydroxylation is 1. The van der Waals surface area contributed by atoms with Crippen LogP contribution in [0, 0.1) is 0 Å². The number of nitrogens with one attached hydrogen (secondary N) is 1. The number of rotatable bonds is 13. The monoisotopic (exact) mass is 551 g/mol. The highest BCUT2D eigenvalue weighted by Gasteiger charge is 2.32. The number of ether oxygens (including phenoxy) is 3. The molecular weight excluding hydrogens is 514 g/mol. The summed E-state index contributed by atoms with van der Waals surface area (Å²) in [6.07, 6.45) is 1.89. The summed E-state index contributed by atoms with van der Waals surface area (Å²) in [7, 11) is 1.55. The molecule has 7 nitrogen and oxygen atoms in total. The molecule has 37 heavy (non-hydrogen) atoms. The van der Waals surface area contributed by atoms with E-state index in [4.69, 9.17) is 25.8 Å². The Balaban J connectivity index is 2.20. The lowest BCUT2D eigenvalue weighted by Crippen LogP contribution is -2.53. The third kappa shape index (κ3) is 9.85. The van der Waals surface area contributed by atoms with Gasteiger partial charge in [0.25, 0.3) is 0 Å². The predicted molar refractivity (Wildman–Crippen MR) is 147 cm³/mol. The lowest BCUT2D eigenvalue weighted by molar-refractivity contribution is 0.0373. The zero-order valence-corrected chi connectivity index (χ0v) is 24.1. The second-order valence-corrected chi connectivity index (χ2v) is 11.5. The van der Waals surface area contributed by atoms with Crippen molar-refractivity contribution in [2.24, 2.45) is 0 Å². The van der Waals surface area contributed by atoms with Crippen molar-refractivity contribution >= 4 is 35.2 Å². The van der Waals surface area contributed by atoms with Crippen molar-refractivity contribution < 1.29 is 28.9 Å². The highest BCUT2D eigenvalue weighted by molar-refractivity contribution is 7.99. The molecule has 2 N–H and O–H groups in total. The van der Waals surface area contributed by atoms with E-state index >= 15 is 0 Å². The van der Waals surface area contributed by atoms with Gasteiger partial charge in [0.2, 0.25) is 0 Å². The van der Waals surface area contributed by atoms with E-state index in [9.17, 15) is 14.7 Å². The fraction of sp³-hybridized carbons (Fsp3) is 0.500. The quantitative estimate of drug-likeness (QED) is 0.212. The van der Waals surface area contributed by atoms with Crippen molar-refractivity contribution in [1.29, 1.82) is 0 Å². The van der Waals surface area contributed by atoms with Gasteiger partial charge in [0.1, 0.15) is 11.4 Å². The molecule has 0 spiro atoms. The molecule has 204 valence electrons. The largest absolute Gasteiger partial charge is 0.466 e. The standard InChI is InChI=1S/C28H38ClNO6S/c1-7-13-28(17-31,30-26(33)36-27(3,4)5)14-12-20-8-10-22(16-23(20)29)37-25-15-21(19(2)32)9-11-24(25)35-18-34-6/h8-11,15-16,31H,7,12-14,17-18H2,1-6H3,(H,30,33)/t28-/m0/s1. The minimum absolute atomic E-state index is 0.0343. The molecule has 9 heteroatoms. The Bertz CT molecular complexity index is 1070. The lowest BCUT2D eigenvalue weighted by atomic mass is 9.87. The number of aliphatic hydroxyl groups is 1. The molecule has 0 aliphatic rings. The van der Waals surface area contributed by atoms with Gasteiger partial charge in [-0.05, 0) is 82.9 Å². The Morgan fingerprint density at radius 1 is 1.11 bits per heavy atom. The minimum Gasteiger partial charge on any atom is -0.466 e. The molecule has 1 amide bonds. The van der Waals surface area contributed by atoms with Gasteiger partial charge in [-0.25, -0.2) is 4.79 Å². The van der Waals surface area contributed by atoms with E-state index in [1.165, 1.54) is 18.7 Å². The van der Waals surface area contributed by atoms with E-state index < -0.39 is 17.2 Å². The molecule has 0 saturated heterocycles. The Hall–Kier alpha value is -2.26. The molecule has 2 rings (SSSR count). The van der Waals surface area contributed by atoms with Crippen LogP contribution < -0.4 is 10.1 Å². The van der Waals surface area contributed by atoms with Gasteiger partial charge >= 0.3 is 6.09 Å². The summed E-state index contributed by atoms with van der Waals surface area (Å²) in [6.45, 7) is 8.82. The first-order chi connectivity index (χ1) is 17.4. The minimum atomic E-state index is -0.811. The maximum absolute atomic E-state index is 12.5. The zero-order chi connectivity index (χ0) is 27.6. The number of ketones is 1. The van der Waals surface area contributed by atoms with Crippen molar-refractivity contribution in [3.05, 3.63) is 52.5 Å². The number of aliphatic hydroxyl groups excluding tert-OH is 1. The number of carbonyl (C=O) groups is 2. The fourth-order valence-electron chi connectivity index (χ4n) is 3.79.